The summed E-state index contributed by atoms with van der Waals surface area (Å²) in [6.45, 7) is 2.66. The highest BCUT2D eigenvalue weighted by Crippen LogP contribution is 2.18. The van der Waals surface area contributed by atoms with Crippen molar-refractivity contribution in [1.29, 1.82) is 0 Å². The van der Waals surface area contributed by atoms with Crippen molar-refractivity contribution in [3.63, 3.8) is 0 Å². The highest BCUT2D eigenvalue weighted by molar-refractivity contribution is 5.92. The first-order valence-electron chi connectivity index (χ1n) is 7.38. The molecule has 0 aromatic heterocycles. The fourth-order valence-corrected chi connectivity index (χ4v) is 1.91. The maximum atomic E-state index is 12.2. The van der Waals surface area contributed by atoms with Crippen molar-refractivity contribution in [2.75, 3.05) is 6.61 Å². The van der Waals surface area contributed by atoms with E-state index in [4.69, 9.17) is 14.6 Å². The Labute approximate surface area is 134 Å². The number of unbranched alkanes of at least 4 members (excludes halogenated alkanes) is 1. The summed E-state index contributed by atoms with van der Waals surface area (Å²) in [4.78, 5) is 23.1. The van der Waals surface area contributed by atoms with Gasteiger partial charge in [-0.25, -0.2) is 9.59 Å². The van der Waals surface area contributed by atoms with Crippen LogP contribution in [-0.2, 0) is 0 Å². The predicted molar refractivity (Wildman–Crippen MR) is 85.2 cm³/mol. The molecule has 0 spiro atoms. The Morgan fingerprint density at radius 3 is 2.35 bits per heavy atom. The van der Waals surface area contributed by atoms with Gasteiger partial charge in [-0.15, -0.1) is 0 Å². The summed E-state index contributed by atoms with van der Waals surface area (Å²) in [6.07, 6.45) is 1.97. The molecule has 0 aliphatic rings. The number of hydrogen-bond acceptors (Lipinski definition) is 4. The van der Waals surface area contributed by atoms with Gasteiger partial charge in [0.05, 0.1) is 17.7 Å². The molecule has 0 heterocycles. The van der Waals surface area contributed by atoms with E-state index in [1.807, 2.05) is 0 Å². The summed E-state index contributed by atoms with van der Waals surface area (Å²) in [5.74, 6) is -0.845. The molecule has 0 aliphatic carbocycles. The first-order valence-corrected chi connectivity index (χ1v) is 7.38. The van der Waals surface area contributed by atoms with Gasteiger partial charge in [0.15, 0.2) is 0 Å². The Morgan fingerprint density at radius 2 is 1.65 bits per heavy atom. The number of carbonyl (C=O) groups excluding carboxylic acids is 1. The van der Waals surface area contributed by atoms with Crippen LogP contribution in [-0.4, -0.2) is 23.7 Å². The van der Waals surface area contributed by atoms with Gasteiger partial charge in [0, 0.05) is 0 Å². The van der Waals surface area contributed by atoms with Gasteiger partial charge in [0.1, 0.15) is 11.5 Å². The summed E-state index contributed by atoms with van der Waals surface area (Å²) in [5.41, 5.74) is 0.409. The SMILES string of the molecule is CCCCOc1cccc(C(=O)Oc2cccc(C(=O)O)c2)c1. The number of ether oxygens (including phenoxy) is 2. The van der Waals surface area contributed by atoms with Crippen LogP contribution in [0.2, 0.25) is 0 Å². The quantitative estimate of drug-likeness (QED) is 0.478. The molecule has 1 N–H and O–H groups in total. The number of hydrogen-bond donors (Lipinski definition) is 1. The number of aromatic carboxylic acids is 1. The van der Waals surface area contributed by atoms with Gasteiger partial charge in [0.25, 0.3) is 0 Å². The number of carboxylic acids is 1. The zero-order valence-corrected chi connectivity index (χ0v) is 12.8. The standard InChI is InChI=1S/C18H18O5/c1-2-3-10-22-15-8-5-7-14(12-15)18(21)23-16-9-4-6-13(11-16)17(19)20/h4-9,11-12H,2-3,10H2,1H3,(H,19,20). The zero-order valence-electron chi connectivity index (χ0n) is 12.8. The minimum absolute atomic E-state index is 0.0620. The summed E-state index contributed by atoms with van der Waals surface area (Å²) >= 11 is 0. The smallest absolute Gasteiger partial charge is 0.343 e. The molecule has 2 aromatic carbocycles. The first-order chi connectivity index (χ1) is 11.1. The molecule has 5 heteroatoms. The van der Waals surface area contributed by atoms with Gasteiger partial charge in [0.2, 0.25) is 0 Å². The Hall–Kier alpha value is -2.82. The van der Waals surface area contributed by atoms with E-state index < -0.39 is 11.9 Å². The third kappa shape index (κ3) is 4.85. The van der Waals surface area contributed by atoms with Crippen molar-refractivity contribution in [3.05, 3.63) is 59.7 Å². The number of esters is 1. The predicted octanol–water partition coefficient (Wildman–Crippen LogP) is 3.78. The monoisotopic (exact) mass is 314 g/mol. The number of carbonyl (C=O) groups is 2. The largest absolute Gasteiger partial charge is 0.494 e. The molecule has 0 saturated heterocycles. The molecule has 120 valence electrons. The average molecular weight is 314 g/mol. The van der Waals surface area contributed by atoms with E-state index in [-0.39, 0.29) is 11.3 Å². The Morgan fingerprint density at radius 1 is 1.00 bits per heavy atom. The van der Waals surface area contributed by atoms with Gasteiger partial charge < -0.3 is 14.6 Å². The molecular weight excluding hydrogens is 296 g/mol. The average Bonchev–Trinajstić information content (AvgIpc) is 2.55. The second kappa shape index (κ2) is 7.98. The van der Waals surface area contributed by atoms with Crippen LogP contribution in [0.4, 0.5) is 0 Å². The van der Waals surface area contributed by atoms with Gasteiger partial charge in [-0.1, -0.05) is 25.5 Å². The highest BCUT2D eigenvalue weighted by Gasteiger charge is 2.11. The molecule has 2 rings (SSSR count). The maximum Gasteiger partial charge on any atom is 0.343 e. The van der Waals surface area contributed by atoms with Crippen molar-refractivity contribution >= 4 is 11.9 Å². The number of rotatable bonds is 7. The molecule has 0 atom stereocenters. The second-order valence-electron chi connectivity index (χ2n) is 4.95. The summed E-state index contributed by atoms with van der Waals surface area (Å²) in [6, 6.07) is 12.5. The van der Waals surface area contributed by atoms with E-state index in [1.54, 1.807) is 24.3 Å². The molecule has 0 unspecified atom stereocenters. The Kier molecular flexibility index (Phi) is 5.74. The van der Waals surface area contributed by atoms with Crippen LogP contribution in [0.25, 0.3) is 0 Å². The fraction of sp³-hybridized carbons (Fsp3) is 0.222. The first kappa shape index (κ1) is 16.5. The molecule has 0 bridgehead atoms. The molecule has 0 amide bonds. The van der Waals surface area contributed by atoms with E-state index in [2.05, 4.69) is 6.92 Å². The number of carboxylic acid groups (broad SMARTS) is 1. The van der Waals surface area contributed by atoms with E-state index in [1.165, 1.54) is 24.3 Å². The Bertz CT molecular complexity index is 693. The summed E-state index contributed by atoms with van der Waals surface area (Å²) in [7, 11) is 0. The topological polar surface area (TPSA) is 72.8 Å². The fourth-order valence-electron chi connectivity index (χ4n) is 1.91. The molecule has 2 aromatic rings. The normalized spacial score (nSPS) is 10.1. The van der Waals surface area contributed by atoms with Gasteiger partial charge in [-0.2, -0.15) is 0 Å². The second-order valence-corrected chi connectivity index (χ2v) is 4.95. The minimum atomic E-state index is -1.07. The maximum absolute atomic E-state index is 12.2. The lowest BCUT2D eigenvalue weighted by molar-refractivity contribution is 0.0687. The van der Waals surface area contributed by atoms with Crippen molar-refractivity contribution in [2.45, 2.75) is 19.8 Å². The highest BCUT2D eigenvalue weighted by atomic mass is 16.5. The van der Waals surface area contributed by atoms with Crippen molar-refractivity contribution in [1.82, 2.24) is 0 Å². The Balaban J connectivity index is 2.07. The van der Waals surface area contributed by atoms with Crippen LogP contribution in [0.3, 0.4) is 0 Å². The minimum Gasteiger partial charge on any atom is -0.494 e. The number of benzene rings is 2. The molecule has 0 fully saturated rings. The molecule has 0 radical (unpaired) electrons. The molecular formula is C18H18O5. The summed E-state index contributed by atoms with van der Waals surface area (Å²) in [5, 5.41) is 8.94. The van der Waals surface area contributed by atoms with Crippen LogP contribution in [0.5, 0.6) is 11.5 Å². The van der Waals surface area contributed by atoms with Crippen LogP contribution in [0.15, 0.2) is 48.5 Å². The zero-order chi connectivity index (χ0) is 16.7. The van der Waals surface area contributed by atoms with Gasteiger partial charge in [-0.3, -0.25) is 0 Å². The van der Waals surface area contributed by atoms with Crippen LogP contribution >= 0.6 is 0 Å². The van der Waals surface area contributed by atoms with Crippen LogP contribution < -0.4 is 9.47 Å². The van der Waals surface area contributed by atoms with Gasteiger partial charge in [-0.05, 0) is 42.8 Å². The van der Waals surface area contributed by atoms with E-state index in [9.17, 15) is 9.59 Å². The van der Waals surface area contributed by atoms with E-state index >= 15 is 0 Å². The van der Waals surface area contributed by atoms with Gasteiger partial charge >= 0.3 is 11.9 Å². The van der Waals surface area contributed by atoms with Crippen molar-refractivity contribution in [2.24, 2.45) is 0 Å². The molecule has 23 heavy (non-hydrogen) atoms. The molecule has 0 aliphatic heterocycles. The summed E-state index contributed by atoms with van der Waals surface area (Å²) < 4.78 is 10.8. The van der Waals surface area contributed by atoms with Crippen LogP contribution in [0, 0.1) is 0 Å². The third-order valence-electron chi connectivity index (χ3n) is 3.13. The lowest BCUT2D eigenvalue weighted by atomic mass is 10.2. The van der Waals surface area contributed by atoms with Crippen molar-refractivity contribution < 1.29 is 24.2 Å². The molecule has 5 nitrogen and oxygen atoms in total. The van der Waals surface area contributed by atoms with Crippen LogP contribution in [0.1, 0.15) is 40.5 Å². The van der Waals surface area contributed by atoms with Crippen molar-refractivity contribution in [3.8, 4) is 11.5 Å². The lowest BCUT2D eigenvalue weighted by Gasteiger charge is -2.08. The molecule has 0 saturated carbocycles. The lowest BCUT2D eigenvalue weighted by Crippen LogP contribution is -2.09. The third-order valence-corrected chi connectivity index (χ3v) is 3.13. The van der Waals surface area contributed by atoms with E-state index in [0.29, 0.717) is 17.9 Å². The van der Waals surface area contributed by atoms with E-state index in [0.717, 1.165) is 12.8 Å².